The fourth-order valence-electron chi connectivity index (χ4n) is 4.79. The van der Waals surface area contributed by atoms with E-state index in [9.17, 15) is 0 Å². The van der Waals surface area contributed by atoms with Gasteiger partial charge in [-0.05, 0) is 98.6 Å². The Balaban J connectivity index is 1.20. The van der Waals surface area contributed by atoms with E-state index in [1.54, 1.807) is 0 Å². The Bertz CT molecular complexity index is 1330. The summed E-state index contributed by atoms with van der Waals surface area (Å²) in [6, 6.07) is 24.5. The number of nitrogens with zero attached hydrogens (tertiary/aromatic N) is 3. The van der Waals surface area contributed by atoms with Crippen LogP contribution in [0.25, 0.3) is 16.9 Å². The normalized spacial score (nSPS) is 13.1. The third kappa shape index (κ3) is 7.43. The number of aromatic nitrogens is 2. The Morgan fingerprint density at radius 3 is 2.26 bits per heavy atom. The first kappa shape index (κ1) is 27.3. The molecule has 204 valence electrons. The highest BCUT2D eigenvalue weighted by Gasteiger charge is 2.29. The van der Waals surface area contributed by atoms with Gasteiger partial charge in [0, 0.05) is 41.4 Å². The van der Waals surface area contributed by atoms with Gasteiger partial charge in [0.1, 0.15) is 17.3 Å². The predicted molar refractivity (Wildman–Crippen MR) is 160 cm³/mol. The second-order valence-electron chi connectivity index (χ2n) is 10.1. The molecule has 3 aromatic carbocycles. The van der Waals surface area contributed by atoms with E-state index in [2.05, 4.69) is 72.0 Å². The molecule has 6 heteroatoms. The van der Waals surface area contributed by atoms with Gasteiger partial charge in [0.25, 0.3) is 0 Å². The molecule has 0 bridgehead atoms. The molecule has 39 heavy (non-hydrogen) atoms. The SMILES string of the molecule is CCN(CC)CCCOc1ccc(-n2cc(-c3ccc(OCCc4cccc(Cl)c4)cc3)nc2C2CC2)cc1. The number of benzene rings is 3. The van der Waals surface area contributed by atoms with Crippen LogP contribution in [0.15, 0.2) is 79.0 Å². The molecule has 1 aliphatic rings. The van der Waals surface area contributed by atoms with Crippen molar-refractivity contribution in [3.8, 4) is 28.4 Å². The smallest absolute Gasteiger partial charge is 0.119 e. The summed E-state index contributed by atoms with van der Waals surface area (Å²) in [6.07, 6.45) is 6.40. The van der Waals surface area contributed by atoms with Gasteiger partial charge in [0.2, 0.25) is 0 Å². The molecule has 4 aromatic rings. The van der Waals surface area contributed by atoms with Crippen LogP contribution >= 0.6 is 11.6 Å². The maximum atomic E-state index is 6.08. The molecule has 5 nitrogen and oxygen atoms in total. The van der Waals surface area contributed by atoms with Crippen molar-refractivity contribution in [1.82, 2.24) is 14.5 Å². The zero-order chi connectivity index (χ0) is 27.0. The summed E-state index contributed by atoms with van der Waals surface area (Å²) in [5.41, 5.74) is 4.37. The van der Waals surface area contributed by atoms with Crippen molar-refractivity contribution in [3.63, 3.8) is 0 Å². The molecule has 1 heterocycles. The molecule has 1 saturated carbocycles. The highest BCUT2D eigenvalue weighted by Crippen LogP contribution is 2.41. The van der Waals surface area contributed by atoms with Crippen LogP contribution in [0.2, 0.25) is 5.02 Å². The van der Waals surface area contributed by atoms with E-state index in [-0.39, 0.29) is 0 Å². The summed E-state index contributed by atoms with van der Waals surface area (Å²) in [6.45, 7) is 9.00. The molecule has 0 unspecified atom stereocenters. The number of imidazole rings is 1. The van der Waals surface area contributed by atoms with Gasteiger partial charge in [-0.15, -0.1) is 0 Å². The molecule has 0 spiro atoms. The predicted octanol–water partition coefficient (Wildman–Crippen LogP) is 7.80. The monoisotopic (exact) mass is 543 g/mol. The lowest BCUT2D eigenvalue weighted by molar-refractivity contribution is 0.249. The van der Waals surface area contributed by atoms with Crippen LogP contribution in [0.3, 0.4) is 0 Å². The molecule has 1 fully saturated rings. The number of hydrogen-bond acceptors (Lipinski definition) is 4. The number of rotatable bonds is 14. The minimum atomic E-state index is 0.531. The van der Waals surface area contributed by atoms with Crippen LogP contribution in [-0.4, -0.2) is 47.3 Å². The molecular weight excluding hydrogens is 506 g/mol. The van der Waals surface area contributed by atoms with Gasteiger partial charge in [-0.1, -0.05) is 37.6 Å². The summed E-state index contributed by atoms with van der Waals surface area (Å²) in [7, 11) is 0. The lowest BCUT2D eigenvalue weighted by Crippen LogP contribution is -2.25. The fourth-order valence-corrected chi connectivity index (χ4v) is 5.00. The molecule has 0 aliphatic heterocycles. The van der Waals surface area contributed by atoms with Gasteiger partial charge in [-0.3, -0.25) is 0 Å². The largest absolute Gasteiger partial charge is 0.494 e. The molecule has 0 saturated heterocycles. The average molecular weight is 544 g/mol. The molecule has 1 aromatic heterocycles. The van der Waals surface area contributed by atoms with Gasteiger partial charge in [-0.25, -0.2) is 4.98 Å². The van der Waals surface area contributed by atoms with E-state index in [4.69, 9.17) is 26.1 Å². The first-order valence-electron chi connectivity index (χ1n) is 14.2. The molecular formula is C33H38ClN3O2. The molecule has 0 N–H and O–H groups in total. The van der Waals surface area contributed by atoms with Crippen molar-refractivity contribution in [1.29, 1.82) is 0 Å². The standard InChI is InChI=1S/C33H38ClN3O2/c1-3-36(4-2)20-6-21-38-31-17-13-29(14-18-31)37-24-32(35-33(37)27-9-10-27)26-11-15-30(16-12-26)39-22-19-25-7-5-8-28(34)23-25/h5,7-8,11-18,23-24,27H,3-4,6,9-10,19-22H2,1-2H3. The van der Waals surface area contributed by atoms with Crippen molar-refractivity contribution in [3.05, 3.63) is 95.4 Å². The quantitative estimate of drug-likeness (QED) is 0.152. The Morgan fingerprint density at radius 1 is 0.897 bits per heavy atom. The van der Waals surface area contributed by atoms with Crippen molar-refractivity contribution < 1.29 is 9.47 Å². The van der Waals surface area contributed by atoms with Crippen molar-refractivity contribution in [2.45, 2.75) is 45.4 Å². The maximum Gasteiger partial charge on any atom is 0.119 e. The van der Waals surface area contributed by atoms with Crippen LogP contribution in [-0.2, 0) is 6.42 Å². The average Bonchev–Trinajstić information content (AvgIpc) is 3.72. The topological polar surface area (TPSA) is 39.5 Å². The Kier molecular flexibility index (Phi) is 9.23. The zero-order valence-corrected chi connectivity index (χ0v) is 23.7. The minimum absolute atomic E-state index is 0.531. The second kappa shape index (κ2) is 13.2. The summed E-state index contributed by atoms with van der Waals surface area (Å²) in [5, 5.41) is 0.757. The first-order valence-corrected chi connectivity index (χ1v) is 14.5. The molecule has 0 amide bonds. The zero-order valence-electron chi connectivity index (χ0n) is 23.0. The minimum Gasteiger partial charge on any atom is -0.494 e. The number of ether oxygens (including phenoxy) is 2. The van der Waals surface area contributed by atoms with E-state index < -0.39 is 0 Å². The van der Waals surface area contributed by atoms with Crippen molar-refractivity contribution >= 4 is 11.6 Å². The van der Waals surface area contributed by atoms with Crippen molar-refractivity contribution in [2.24, 2.45) is 0 Å². The van der Waals surface area contributed by atoms with E-state index >= 15 is 0 Å². The van der Waals surface area contributed by atoms with Crippen LogP contribution in [0.4, 0.5) is 0 Å². The third-order valence-corrected chi connectivity index (χ3v) is 7.51. The lowest BCUT2D eigenvalue weighted by atomic mass is 10.1. The molecule has 0 radical (unpaired) electrons. The highest BCUT2D eigenvalue weighted by molar-refractivity contribution is 6.30. The van der Waals surface area contributed by atoms with Crippen LogP contribution in [0, 0.1) is 0 Å². The van der Waals surface area contributed by atoms with Crippen LogP contribution in [0.5, 0.6) is 11.5 Å². The van der Waals surface area contributed by atoms with Gasteiger partial charge in [0.05, 0.1) is 18.9 Å². The molecule has 5 rings (SSSR count). The van der Waals surface area contributed by atoms with E-state index in [0.717, 1.165) is 78.4 Å². The summed E-state index contributed by atoms with van der Waals surface area (Å²) < 4.78 is 14.2. The summed E-state index contributed by atoms with van der Waals surface area (Å²) in [5.74, 6) is 3.44. The van der Waals surface area contributed by atoms with Gasteiger partial charge < -0.3 is 18.9 Å². The first-order chi connectivity index (χ1) is 19.1. The maximum absolute atomic E-state index is 6.08. The Hall–Kier alpha value is -3.28. The second-order valence-corrected chi connectivity index (χ2v) is 10.5. The summed E-state index contributed by atoms with van der Waals surface area (Å²) >= 11 is 6.08. The van der Waals surface area contributed by atoms with E-state index in [0.29, 0.717) is 12.5 Å². The van der Waals surface area contributed by atoms with Crippen molar-refractivity contribution in [2.75, 3.05) is 32.8 Å². The lowest BCUT2D eigenvalue weighted by Gasteiger charge is -2.17. The fraction of sp³-hybridized carbons (Fsp3) is 0.364. The van der Waals surface area contributed by atoms with E-state index in [1.807, 2.05) is 30.3 Å². The van der Waals surface area contributed by atoms with Crippen LogP contribution in [0.1, 0.15) is 50.4 Å². The van der Waals surface area contributed by atoms with Gasteiger partial charge >= 0.3 is 0 Å². The number of hydrogen-bond donors (Lipinski definition) is 0. The summed E-state index contributed by atoms with van der Waals surface area (Å²) in [4.78, 5) is 7.47. The highest BCUT2D eigenvalue weighted by atomic mass is 35.5. The Morgan fingerprint density at radius 2 is 1.59 bits per heavy atom. The van der Waals surface area contributed by atoms with Gasteiger partial charge in [-0.2, -0.15) is 0 Å². The molecule has 1 aliphatic carbocycles. The number of halogens is 1. The van der Waals surface area contributed by atoms with Crippen LogP contribution < -0.4 is 9.47 Å². The van der Waals surface area contributed by atoms with E-state index in [1.165, 1.54) is 18.4 Å². The van der Waals surface area contributed by atoms with Gasteiger partial charge in [0.15, 0.2) is 0 Å². The third-order valence-electron chi connectivity index (χ3n) is 7.27. The Labute approximate surface area is 237 Å². The molecule has 0 atom stereocenters.